The van der Waals surface area contributed by atoms with Gasteiger partial charge in [0, 0.05) is 0 Å². The first-order chi connectivity index (χ1) is 5.57. The van der Waals surface area contributed by atoms with Crippen molar-refractivity contribution in [2.45, 2.75) is 30.6 Å². The van der Waals surface area contributed by atoms with Crippen molar-refractivity contribution in [3.63, 3.8) is 0 Å². The van der Waals surface area contributed by atoms with Gasteiger partial charge in [-0.15, -0.1) is 17.0 Å². The molecule has 0 aromatic heterocycles. The van der Waals surface area contributed by atoms with E-state index in [1.807, 2.05) is 0 Å². The average Bonchev–Trinajstić information content (AvgIpc) is 2.08. The SMILES string of the molecule is Br.NC1C(O)OC(CO)C(O)C1O. The summed E-state index contributed by atoms with van der Waals surface area (Å²) in [6, 6.07) is -1.04. The zero-order valence-corrected chi connectivity index (χ0v) is 8.49. The minimum Gasteiger partial charge on any atom is -0.394 e. The van der Waals surface area contributed by atoms with Gasteiger partial charge in [-0.1, -0.05) is 0 Å². The maximum absolute atomic E-state index is 9.20. The number of nitrogens with two attached hydrogens (primary N) is 1. The van der Waals surface area contributed by atoms with E-state index in [1.54, 1.807) is 0 Å². The van der Waals surface area contributed by atoms with Crippen molar-refractivity contribution in [3.8, 4) is 0 Å². The van der Waals surface area contributed by atoms with E-state index in [9.17, 15) is 10.2 Å². The van der Waals surface area contributed by atoms with Crippen LogP contribution in [0.25, 0.3) is 0 Å². The zero-order chi connectivity index (χ0) is 9.30. The lowest BCUT2D eigenvalue weighted by Gasteiger charge is -2.38. The number of rotatable bonds is 1. The summed E-state index contributed by atoms with van der Waals surface area (Å²) < 4.78 is 4.70. The van der Waals surface area contributed by atoms with Crippen LogP contribution >= 0.6 is 17.0 Å². The summed E-state index contributed by atoms with van der Waals surface area (Å²) in [7, 11) is 0. The Morgan fingerprint density at radius 2 is 1.69 bits per heavy atom. The minimum atomic E-state index is -1.35. The Labute approximate surface area is 85.7 Å². The quantitative estimate of drug-likeness (QED) is 0.351. The monoisotopic (exact) mass is 259 g/mol. The van der Waals surface area contributed by atoms with E-state index >= 15 is 0 Å². The van der Waals surface area contributed by atoms with Crippen LogP contribution in [0, 0.1) is 0 Å². The minimum absolute atomic E-state index is 0. The normalized spacial score (nSPS) is 45.5. The van der Waals surface area contributed by atoms with Gasteiger partial charge in [0.25, 0.3) is 0 Å². The van der Waals surface area contributed by atoms with Crippen LogP contribution in [0.1, 0.15) is 0 Å². The summed E-state index contributed by atoms with van der Waals surface area (Å²) >= 11 is 0. The fourth-order valence-corrected chi connectivity index (χ4v) is 1.12. The molecule has 5 atom stereocenters. The molecule has 6 N–H and O–H groups in total. The number of halogens is 1. The van der Waals surface area contributed by atoms with E-state index in [2.05, 4.69) is 0 Å². The molecule has 5 unspecified atom stereocenters. The predicted octanol–water partition coefficient (Wildman–Crippen LogP) is -2.68. The highest BCUT2D eigenvalue weighted by molar-refractivity contribution is 8.93. The third-order valence-corrected chi connectivity index (χ3v) is 1.95. The molecule has 0 aromatic rings. The Bertz CT molecular complexity index is 155. The molecule has 1 heterocycles. The van der Waals surface area contributed by atoms with Gasteiger partial charge in [-0.25, -0.2) is 0 Å². The molecule has 6 nitrogen and oxygen atoms in total. The highest BCUT2D eigenvalue weighted by Crippen LogP contribution is 2.17. The molecule has 0 radical (unpaired) electrons. The number of aliphatic hydroxyl groups excluding tert-OH is 4. The summed E-state index contributed by atoms with van der Waals surface area (Å²) in [6.07, 6.45) is -4.85. The molecular weight excluding hydrogens is 246 g/mol. The van der Waals surface area contributed by atoms with E-state index in [0.717, 1.165) is 0 Å². The molecule has 1 saturated heterocycles. The standard InChI is InChI=1S/C6H13NO5.BrH/c7-3-5(10)4(9)2(1-8)12-6(3)11;/h2-6,8-11H,1,7H2;1H. The predicted molar refractivity (Wildman–Crippen MR) is 48.3 cm³/mol. The number of ether oxygens (including phenoxy) is 1. The molecule has 13 heavy (non-hydrogen) atoms. The van der Waals surface area contributed by atoms with Crippen LogP contribution in [0.3, 0.4) is 0 Å². The highest BCUT2D eigenvalue weighted by atomic mass is 79.9. The third-order valence-electron chi connectivity index (χ3n) is 1.95. The van der Waals surface area contributed by atoms with Gasteiger partial charge in [0.1, 0.15) is 18.3 Å². The maximum atomic E-state index is 9.20. The Hall–Kier alpha value is 0.240. The second kappa shape index (κ2) is 5.20. The molecule has 7 heteroatoms. The molecule has 0 aliphatic carbocycles. The fourth-order valence-electron chi connectivity index (χ4n) is 1.12. The smallest absolute Gasteiger partial charge is 0.173 e. The molecule has 80 valence electrons. The molecule has 1 rings (SSSR count). The molecule has 1 fully saturated rings. The largest absolute Gasteiger partial charge is 0.394 e. The first-order valence-electron chi connectivity index (χ1n) is 3.64. The van der Waals surface area contributed by atoms with Crippen molar-refractivity contribution >= 4 is 17.0 Å². The van der Waals surface area contributed by atoms with Gasteiger partial charge in [0.15, 0.2) is 6.29 Å². The van der Waals surface area contributed by atoms with Crippen LogP contribution in [0.2, 0.25) is 0 Å². The Balaban J connectivity index is 0.00000144. The number of hydrogen-bond donors (Lipinski definition) is 5. The molecule has 0 amide bonds. The molecule has 1 aliphatic rings. The van der Waals surface area contributed by atoms with Gasteiger partial charge in [-0.2, -0.15) is 0 Å². The van der Waals surface area contributed by atoms with Crippen LogP contribution in [-0.4, -0.2) is 57.7 Å². The lowest BCUT2D eigenvalue weighted by Crippen LogP contribution is -2.61. The lowest BCUT2D eigenvalue weighted by atomic mass is 9.98. The van der Waals surface area contributed by atoms with Crippen LogP contribution in [-0.2, 0) is 4.74 Å². The molecular formula is C6H14BrNO5. The Morgan fingerprint density at radius 1 is 1.15 bits per heavy atom. The highest BCUT2D eigenvalue weighted by Gasteiger charge is 2.41. The second-order valence-corrected chi connectivity index (χ2v) is 2.81. The maximum Gasteiger partial charge on any atom is 0.173 e. The topological polar surface area (TPSA) is 116 Å². The van der Waals surface area contributed by atoms with Gasteiger partial charge in [0.2, 0.25) is 0 Å². The summed E-state index contributed by atoms with van der Waals surface area (Å²) in [5, 5.41) is 36.1. The van der Waals surface area contributed by atoms with Crippen LogP contribution in [0.15, 0.2) is 0 Å². The third kappa shape index (κ3) is 2.59. The summed E-state index contributed by atoms with van der Waals surface area (Å²) in [6.45, 7) is -0.470. The van der Waals surface area contributed by atoms with Crippen molar-refractivity contribution in [2.75, 3.05) is 6.61 Å². The van der Waals surface area contributed by atoms with E-state index in [1.165, 1.54) is 0 Å². The Kier molecular flexibility index (Phi) is 5.30. The van der Waals surface area contributed by atoms with Crippen LogP contribution in [0.5, 0.6) is 0 Å². The van der Waals surface area contributed by atoms with Crippen LogP contribution in [0.4, 0.5) is 0 Å². The fraction of sp³-hybridized carbons (Fsp3) is 1.00. The van der Waals surface area contributed by atoms with E-state index < -0.39 is 37.3 Å². The molecule has 0 bridgehead atoms. The van der Waals surface area contributed by atoms with Gasteiger partial charge < -0.3 is 30.9 Å². The molecule has 1 aliphatic heterocycles. The van der Waals surface area contributed by atoms with E-state index in [4.69, 9.17) is 20.7 Å². The van der Waals surface area contributed by atoms with Gasteiger partial charge in [0.05, 0.1) is 12.6 Å². The molecule has 0 aromatic carbocycles. The first kappa shape index (κ1) is 13.2. The number of aliphatic hydroxyl groups is 4. The van der Waals surface area contributed by atoms with Crippen molar-refractivity contribution < 1.29 is 25.2 Å². The van der Waals surface area contributed by atoms with E-state index in [-0.39, 0.29) is 17.0 Å². The summed E-state index contributed by atoms with van der Waals surface area (Å²) in [4.78, 5) is 0. The second-order valence-electron chi connectivity index (χ2n) is 2.81. The van der Waals surface area contributed by atoms with Gasteiger partial charge in [-0.3, -0.25) is 0 Å². The lowest BCUT2D eigenvalue weighted by molar-refractivity contribution is -0.248. The van der Waals surface area contributed by atoms with Crippen molar-refractivity contribution in [2.24, 2.45) is 5.73 Å². The summed E-state index contributed by atoms with van der Waals surface area (Å²) in [5.74, 6) is 0. The first-order valence-corrected chi connectivity index (χ1v) is 3.64. The van der Waals surface area contributed by atoms with Crippen molar-refractivity contribution in [3.05, 3.63) is 0 Å². The zero-order valence-electron chi connectivity index (χ0n) is 6.78. The Morgan fingerprint density at radius 3 is 2.15 bits per heavy atom. The van der Waals surface area contributed by atoms with Gasteiger partial charge >= 0.3 is 0 Å². The van der Waals surface area contributed by atoms with Crippen molar-refractivity contribution in [1.29, 1.82) is 0 Å². The summed E-state index contributed by atoms with van der Waals surface area (Å²) in [5.41, 5.74) is 5.26. The van der Waals surface area contributed by atoms with Crippen molar-refractivity contribution in [1.82, 2.24) is 0 Å². The van der Waals surface area contributed by atoms with Crippen LogP contribution < -0.4 is 5.73 Å². The van der Waals surface area contributed by atoms with Gasteiger partial charge in [-0.05, 0) is 0 Å². The average molecular weight is 260 g/mol. The van der Waals surface area contributed by atoms with E-state index in [0.29, 0.717) is 0 Å². The molecule has 0 spiro atoms. The number of hydrogen-bond acceptors (Lipinski definition) is 6. The molecule has 0 saturated carbocycles.